The number of aromatic nitrogens is 8. The van der Waals surface area contributed by atoms with Crippen LogP contribution in [0, 0.1) is 0 Å². The molecule has 3 aromatic heterocycles. The van der Waals surface area contributed by atoms with Crippen molar-refractivity contribution in [1.29, 1.82) is 0 Å². The van der Waals surface area contributed by atoms with Crippen LogP contribution in [0.25, 0.3) is 33.7 Å². The summed E-state index contributed by atoms with van der Waals surface area (Å²) < 4.78 is 9.71. The second-order valence-electron chi connectivity index (χ2n) is 8.81. The third-order valence-corrected chi connectivity index (χ3v) is 6.42. The van der Waals surface area contributed by atoms with Crippen molar-refractivity contribution < 1.29 is 4.74 Å². The van der Waals surface area contributed by atoms with Gasteiger partial charge >= 0.3 is 5.69 Å². The lowest BCUT2D eigenvalue weighted by molar-refractivity contribution is 0.184. The molecule has 0 saturated carbocycles. The molecule has 0 amide bonds. The topological polar surface area (TPSA) is 126 Å². The highest BCUT2D eigenvalue weighted by molar-refractivity contribution is 5.80. The number of imidazole rings is 1. The quantitative estimate of drug-likeness (QED) is 0.329. The predicted molar refractivity (Wildman–Crippen MR) is 139 cm³/mol. The molecule has 190 valence electrons. The van der Waals surface area contributed by atoms with E-state index in [1.165, 1.54) is 9.13 Å². The van der Waals surface area contributed by atoms with Crippen LogP contribution in [-0.2, 0) is 31.3 Å². The molecule has 0 spiro atoms. The Morgan fingerprint density at radius 1 is 1.00 bits per heavy atom. The molecular weight excluding hydrogens is 472 g/mol. The molecule has 3 heterocycles. The van der Waals surface area contributed by atoms with Crippen molar-refractivity contribution >= 4 is 11.2 Å². The SMILES string of the molecule is CCCc1nc2c(c(=O)n(CCOC)c(=O)n2C)n1Cc1ccc(-c2ccccc2-c2nn[nH]n2)cc1. The van der Waals surface area contributed by atoms with Gasteiger partial charge in [-0.05, 0) is 28.3 Å². The molecule has 5 rings (SSSR count). The fourth-order valence-corrected chi connectivity index (χ4v) is 4.56. The van der Waals surface area contributed by atoms with Crippen LogP contribution in [0.1, 0.15) is 24.7 Å². The van der Waals surface area contributed by atoms with E-state index in [1.54, 1.807) is 14.2 Å². The highest BCUT2D eigenvalue weighted by atomic mass is 16.5. The Labute approximate surface area is 212 Å². The van der Waals surface area contributed by atoms with Crippen molar-refractivity contribution in [3.05, 3.63) is 80.8 Å². The maximum atomic E-state index is 13.4. The molecule has 37 heavy (non-hydrogen) atoms. The van der Waals surface area contributed by atoms with Gasteiger partial charge in [0, 0.05) is 32.7 Å². The average Bonchev–Trinajstić information content (AvgIpc) is 3.57. The first-order chi connectivity index (χ1) is 18.0. The van der Waals surface area contributed by atoms with Crippen molar-refractivity contribution in [2.45, 2.75) is 32.9 Å². The van der Waals surface area contributed by atoms with Gasteiger partial charge in [-0.2, -0.15) is 5.21 Å². The molecule has 11 heteroatoms. The fourth-order valence-electron chi connectivity index (χ4n) is 4.56. The fraction of sp³-hybridized carbons (Fsp3) is 0.308. The Hall–Kier alpha value is -4.38. The number of rotatable bonds is 9. The molecule has 0 aliphatic heterocycles. The molecule has 0 atom stereocenters. The summed E-state index contributed by atoms with van der Waals surface area (Å²) in [5.74, 6) is 1.31. The van der Waals surface area contributed by atoms with Crippen LogP contribution in [-0.4, -0.2) is 53.0 Å². The highest BCUT2D eigenvalue weighted by Gasteiger charge is 2.20. The Bertz CT molecular complexity index is 1650. The van der Waals surface area contributed by atoms with Gasteiger partial charge in [-0.3, -0.25) is 13.9 Å². The first kappa shape index (κ1) is 24.3. The predicted octanol–water partition coefficient (Wildman–Crippen LogP) is 2.39. The van der Waals surface area contributed by atoms with Gasteiger partial charge in [-0.1, -0.05) is 55.5 Å². The number of benzene rings is 2. The number of aromatic amines is 1. The van der Waals surface area contributed by atoms with Crippen LogP contribution in [0.15, 0.2) is 58.1 Å². The van der Waals surface area contributed by atoms with E-state index < -0.39 is 5.69 Å². The van der Waals surface area contributed by atoms with E-state index in [0.717, 1.165) is 34.5 Å². The van der Waals surface area contributed by atoms with Gasteiger partial charge in [0.05, 0.1) is 13.2 Å². The van der Waals surface area contributed by atoms with E-state index in [0.29, 0.717) is 30.0 Å². The number of aryl methyl sites for hydroxylation is 2. The Morgan fingerprint density at radius 3 is 2.43 bits per heavy atom. The van der Waals surface area contributed by atoms with Gasteiger partial charge in [0.15, 0.2) is 11.2 Å². The second kappa shape index (κ2) is 10.3. The average molecular weight is 501 g/mol. The number of fused-ring (bicyclic) bond motifs is 1. The summed E-state index contributed by atoms with van der Waals surface area (Å²) in [6.45, 7) is 2.97. The van der Waals surface area contributed by atoms with Crippen LogP contribution in [0.2, 0.25) is 0 Å². The molecule has 0 bridgehead atoms. The number of methoxy groups -OCH3 is 1. The highest BCUT2D eigenvalue weighted by Crippen LogP contribution is 2.30. The Balaban J connectivity index is 1.56. The number of tetrazole rings is 1. The van der Waals surface area contributed by atoms with E-state index >= 15 is 0 Å². The van der Waals surface area contributed by atoms with E-state index in [-0.39, 0.29) is 18.7 Å². The van der Waals surface area contributed by atoms with Gasteiger partial charge in [-0.15, -0.1) is 10.2 Å². The van der Waals surface area contributed by atoms with Crippen LogP contribution in [0.4, 0.5) is 0 Å². The Morgan fingerprint density at radius 2 is 1.76 bits per heavy atom. The van der Waals surface area contributed by atoms with Crippen molar-refractivity contribution in [2.75, 3.05) is 13.7 Å². The first-order valence-electron chi connectivity index (χ1n) is 12.1. The zero-order valence-electron chi connectivity index (χ0n) is 21.0. The van der Waals surface area contributed by atoms with Crippen molar-refractivity contribution in [3.63, 3.8) is 0 Å². The van der Waals surface area contributed by atoms with Gasteiger partial charge in [-0.25, -0.2) is 9.78 Å². The molecule has 1 N–H and O–H groups in total. The summed E-state index contributed by atoms with van der Waals surface area (Å²) in [6.07, 6.45) is 1.55. The van der Waals surface area contributed by atoms with Crippen molar-refractivity contribution in [2.24, 2.45) is 7.05 Å². The molecule has 5 aromatic rings. The molecular formula is C26H28N8O3. The van der Waals surface area contributed by atoms with Crippen LogP contribution >= 0.6 is 0 Å². The summed E-state index contributed by atoms with van der Waals surface area (Å²) in [6, 6.07) is 16.0. The standard InChI is InChI=1S/C26H28N8O3/c1-4-7-21-27-24-22(25(35)33(14-15-37-3)26(36)32(24)2)34(21)16-17-10-12-18(13-11-17)19-8-5-6-9-20(19)23-28-30-31-29-23/h5-6,8-13H,4,7,14-16H2,1-3H3,(H,28,29,30,31). The van der Waals surface area contributed by atoms with Gasteiger partial charge in [0.25, 0.3) is 5.56 Å². The number of ether oxygens (including phenoxy) is 1. The maximum Gasteiger partial charge on any atom is 0.332 e. The minimum Gasteiger partial charge on any atom is -0.383 e. The molecule has 0 saturated heterocycles. The third-order valence-electron chi connectivity index (χ3n) is 6.42. The number of hydrogen-bond acceptors (Lipinski definition) is 7. The summed E-state index contributed by atoms with van der Waals surface area (Å²) >= 11 is 0. The van der Waals surface area contributed by atoms with E-state index in [1.807, 2.05) is 53.1 Å². The monoisotopic (exact) mass is 500 g/mol. The minimum atomic E-state index is -0.396. The number of nitrogens with zero attached hydrogens (tertiary/aromatic N) is 7. The van der Waals surface area contributed by atoms with E-state index in [9.17, 15) is 9.59 Å². The molecule has 0 aliphatic carbocycles. The summed E-state index contributed by atoms with van der Waals surface area (Å²) in [5, 5.41) is 14.4. The molecule has 0 radical (unpaired) electrons. The molecule has 2 aromatic carbocycles. The molecule has 0 fully saturated rings. The maximum absolute atomic E-state index is 13.4. The van der Waals surface area contributed by atoms with E-state index in [2.05, 4.69) is 27.5 Å². The normalized spacial score (nSPS) is 11.4. The van der Waals surface area contributed by atoms with Gasteiger partial charge in [0.1, 0.15) is 5.82 Å². The van der Waals surface area contributed by atoms with Crippen LogP contribution in [0.3, 0.4) is 0 Å². The summed E-state index contributed by atoms with van der Waals surface area (Å²) in [5.41, 5.74) is 3.97. The summed E-state index contributed by atoms with van der Waals surface area (Å²) in [7, 11) is 3.19. The van der Waals surface area contributed by atoms with Gasteiger partial charge in [0.2, 0.25) is 5.82 Å². The first-order valence-corrected chi connectivity index (χ1v) is 12.1. The van der Waals surface area contributed by atoms with Crippen LogP contribution in [0.5, 0.6) is 0 Å². The number of hydrogen-bond donors (Lipinski definition) is 1. The third kappa shape index (κ3) is 4.49. The largest absolute Gasteiger partial charge is 0.383 e. The smallest absolute Gasteiger partial charge is 0.332 e. The van der Waals surface area contributed by atoms with Gasteiger partial charge < -0.3 is 9.30 Å². The zero-order valence-corrected chi connectivity index (χ0v) is 21.0. The minimum absolute atomic E-state index is 0.181. The lowest BCUT2D eigenvalue weighted by Crippen LogP contribution is -2.40. The number of H-pyrrole nitrogens is 1. The Kier molecular flexibility index (Phi) is 6.78. The molecule has 0 aliphatic rings. The number of nitrogens with one attached hydrogen (secondary N) is 1. The van der Waals surface area contributed by atoms with Crippen molar-refractivity contribution in [1.82, 2.24) is 39.3 Å². The second-order valence-corrected chi connectivity index (χ2v) is 8.81. The summed E-state index contributed by atoms with van der Waals surface area (Å²) in [4.78, 5) is 31.0. The lowest BCUT2D eigenvalue weighted by Gasteiger charge is -2.12. The molecule has 0 unspecified atom stereocenters. The molecule has 11 nitrogen and oxygen atoms in total. The van der Waals surface area contributed by atoms with Crippen molar-refractivity contribution in [3.8, 4) is 22.5 Å². The lowest BCUT2D eigenvalue weighted by atomic mass is 9.98. The van der Waals surface area contributed by atoms with Crippen LogP contribution < -0.4 is 11.2 Å². The van der Waals surface area contributed by atoms with E-state index in [4.69, 9.17) is 9.72 Å². The zero-order chi connectivity index (χ0) is 25.9.